The second-order valence-corrected chi connectivity index (χ2v) is 12.1. The average molecular weight is 528 g/mol. The summed E-state index contributed by atoms with van der Waals surface area (Å²) in [5.41, 5.74) is 2.35. The van der Waals surface area contributed by atoms with Crippen molar-refractivity contribution in [3.05, 3.63) is 53.6 Å². The maximum absolute atomic E-state index is 9.99. The van der Waals surface area contributed by atoms with Gasteiger partial charge in [-0.1, -0.05) is 56.7 Å². The number of aromatic hydroxyl groups is 2. The first-order chi connectivity index (χ1) is 17.6. The van der Waals surface area contributed by atoms with Crippen LogP contribution in [-0.4, -0.2) is 34.6 Å². The van der Waals surface area contributed by atoms with Gasteiger partial charge in [-0.25, -0.2) is 0 Å². The first-order valence-electron chi connectivity index (χ1n) is 13.4. The van der Waals surface area contributed by atoms with Crippen LogP contribution in [0, 0.1) is 11.3 Å². The van der Waals surface area contributed by atoms with Crippen LogP contribution in [0.2, 0.25) is 0 Å². The van der Waals surface area contributed by atoms with Crippen molar-refractivity contribution in [3.8, 4) is 23.3 Å². The van der Waals surface area contributed by atoms with Crippen LogP contribution in [0.3, 0.4) is 0 Å². The molecule has 4 nitrogen and oxygen atoms in total. The zero-order valence-corrected chi connectivity index (χ0v) is 23.2. The van der Waals surface area contributed by atoms with E-state index in [0.29, 0.717) is 13.0 Å². The van der Waals surface area contributed by atoms with E-state index in [2.05, 4.69) is 12.3 Å². The second-order valence-electron chi connectivity index (χ2n) is 9.70. The average Bonchev–Trinajstić information content (AvgIpc) is 2.89. The van der Waals surface area contributed by atoms with Crippen LogP contribution in [0.4, 0.5) is 0 Å². The summed E-state index contributed by atoms with van der Waals surface area (Å²) in [6, 6.07) is 15.3. The molecule has 2 N–H and O–H groups in total. The molecule has 0 saturated carbocycles. The third-order valence-corrected chi connectivity index (χ3v) is 9.73. The highest BCUT2D eigenvalue weighted by molar-refractivity contribution is 7.99. The van der Waals surface area contributed by atoms with Gasteiger partial charge in [0, 0.05) is 18.4 Å². The predicted octanol–water partition coefficient (Wildman–Crippen LogP) is 8.38. The fourth-order valence-electron chi connectivity index (χ4n) is 5.16. The fraction of sp³-hybridized carbons (Fsp3) is 0.567. The van der Waals surface area contributed by atoms with Gasteiger partial charge in [-0.2, -0.15) is 17.0 Å². The molecular formula is C30H41NO3S2. The van der Waals surface area contributed by atoms with E-state index >= 15 is 0 Å². The molecule has 2 unspecified atom stereocenters. The van der Waals surface area contributed by atoms with Gasteiger partial charge in [0.1, 0.15) is 23.9 Å². The van der Waals surface area contributed by atoms with E-state index in [1.807, 2.05) is 41.7 Å². The Balaban J connectivity index is 1.47. The Bertz CT molecular complexity index is 960. The minimum atomic E-state index is -0.218. The molecule has 0 saturated heterocycles. The lowest BCUT2D eigenvalue weighted by atomic mass is 9.76. The molecule has 0 aliphatic carbocycles. The minimum Gasteiger partial charge on any atom is -0.508 e. The van der Waals surface area contributed by atoms with E-state index in [4.69, 9.17) is 10.00 Å². The molecule has 2 aromatic carbocycles. The first kappa shape index (κ1) is 28.6. The van der Waals surface area contributed by atoms with Gasteiger partial charge in [0.05, 0.1) is 10.8 Å². The lowest BCUT2D eigenvalue weighted by molar-refractivity contribution is 0.210. The van der Waals surface area contributed by atoms with Crippen molar-refractivity contribution >= 4 is 23.5 Å². The summed E-state index contributed by atoms with van der Waals surface area (Å²) in [7, 11) is 0. The topological polar surface area (TPSA) is 73.5 Å². The molecule has 2 atom stereocenters. The molecule has 6 heteroatoms. The Morgan fingerprint density at radius 2 is 1.53 bits per heavy atom. The maximum Gasteiger partial charge on any atom is 0.126 e. The number of hydrogen-bond acceptors (Lipinski definition) is 6. The van der Waals surface area contributed by atoms with E-state index in [-0.39, 0.29) is 22.2 Å². The number of phenolic OH excluding ortho intramolecular Hbond substituents is 2. The molecule has 0 bridgehead atoms. The number of unbranched alkanes of at least 4 members (excludes halogenated alkanes) is 8. The third kappa shape index (κ3) is 8.02. The summed E-state index contributed by atoms with van der Waals surface area (Å²) in [6.07, 6.45) is 15.1. The number of phenols is 2. The molecule has 2 aromatic rings. The van der Waals surface area contributed by atoms with Gasteiger partial charge in [0.2, 0.25) is 0 Å². The lowest BCUT2D eigenvalue weighted by Crippen LogP contribution is -2.40. The Morgan fingerprint density at radius 3 is 2.22 bits per heavy atom. The number of benzene rings is 2. The fourth-order valence-corrected chi connectivity index (χ4v) is 7.25. The van der Waals surface area contributed by atoms with E-state index in [0.717, 1.165) is 18.6 Å². The van der Waals surface area contributed by atoms with Gasteiger partial charge >= 0.3 is 0 Å². The third-order valence-electron chi connectivity index (χ3n) is 7.21. The second kappa shape index (κ2) is 15.3. The largest absolute Gasteiger partial charge is 0.508 e. The normalized spacial score (nSPS) is 18.8. The number of nitriles is 1. The van der Waals surface area contributed by atoms with Crippen LogP contribution in [0.1, 0.15) is 87.7 Å². The smallest absolute Gasteiger partial charge is 0.126 e. The Kier molecular flexibility index (Phi) is 12.2. The standard InChI is InChI=1S/C30H41NO3S2/c1-35-30(24-13-15-25(32)16-14-24)23-34-29-22-26(33)17-18-27(29)28(30)12-8-5-3-2-4-6-10-20-36-21-11-7-9-19-31/h13-18,22,28,32-33H,2-12,20-21,23H2,1H3. The minimum absolute atomic E-state index is 0.218. The number of thioether (sulfide) groups is 2. The van der Waals surface area contributed by atoms with Gasteiger partial charge in [0.25, 0.3) is 0 Å². The van der Waals surface area contributed by atoms with Crippen LogP contribution in [0.25, 0.3) is 0 Å². The maximum atomic E-state index is 9.99. The summed E-state index contributed by atoms with van der Waals surface area (Å²) >= 11 is 3.87. The zero-order chi connectivity index (χ0) is 25.6. The van der Waals surface area contributed by atoms with Crippen molar-refractivity contribution in [2.45, 2.75) is 81.3 Å². The molecule has 0 radical (unpaired) electrons. The highest BCUT2D eigenvalue weighted by atomic mass is 32.2. The number of fused-ring (bicyclic) bond motifs is 1. The molecule has 0 fully saturated rings. The quantitative estimate of drug-likeness (QED) is 0.214. The molecule has 1 heterocycles. The number of ether oxygens (including phenoxy) is 1. The molecule has 0 spiro atoms. The van der Waals surface area contributed by atoms with Crippen molar-refractivity contribution in [2.24, 2.45) is 0 Å². The molecule has 0 amide bonds. The number of hydrogen-bond donors (Lipinski definition) is 2. The molecule has 3 rings (SSSR count). The predicted molar refractivity (Wildman–Crippen MR) is 153 cm³/mol. The number of rotatable bonds is 16. The first-order valence-corrected chi connectivity index (χ1v) is 15.7. The van der Waals surface area contributed by atoms with Crippen molar-refractivity contribution in [1.82, 2.24) is 0 Å². The van der Waals surface area contributed by atoms with Crippen molar-refractivity contribution < 1.29 is 14.9 Å². The summed E-state index contributed by atoms with van der Waals surface area (Å²) in [5.74, 6) is 4.05. The van der Waals surface area contributed by atoms with Crippen molar-refractivity contribution in [1.29, 1.82) is 5.26 Å². The Labute approximate surface area is 225 Å². The van der Waals surface area contributed by atoms with Gasteiger partial charge in [-0.15, -0.1) is 11.8 Å². The van der Waals surface area contributed by atoms with Gasteiger partial charge < -0.3 is 14.9 Å². The van der Waals surface area contributed by atoms with Gasteiger partial charge in [-0.05, 0) is 72.8 Å². The van der Waals surface area contributed by atoms with E-state index in [1.54, 1.807) is 24.3 Å². The summed E-state index contributed by atoms with van der Waals surface area (Å²) in [6.45, 7) is 0.552. The van der Waals surface area contributed by atoms with Crippen LogP contribution >= 0.6 is 23.5 Å². The Hall–Kier alpha value is -1.97. The zero-order valence-electron chi connectivity index (χ0n) is 21.6. The Morgan fingerprint density at radius 1 is 0.889 bits per heavy atom. The van der Waals surface area contributed by atoms with E-state index in [1.165, 1.54) is 74.0 Å². The SMILES string of the molecule is CSC1(c2ccc(O)cc2)COc2cc(O)ccc2C1CCCCCCCCCSCCCCC#N. The van der Waals surface area contributed by atoms with Crippen LogP contribution in [0.5, 0.6) is 17.2 Å². The molecular weight excluding hydrogens is 486 g/mol. The van der Waals surface area contributed by atoms with E-state index < -0.39 is 0 Å². The van der Waals surface area contributed by atoms with Crippen LogP contribution in [-0.2, 0) is 4.75 Å². The molecule has 196 valence electrons. The highest BCUT2D eigenvalue weighted by Gasteiger charge is 2.45. The molecule has 36 heavy (non-hydrogen) atoms. The summed E-state index contributed by atoms with van der Waals surface area (Å²) < 4.78 is 5.97. The monoisotopic (exact) mass is 527 g/mol. The summed E-state index contributed by atoms with van der Waals surface area (Å²) in [4.78, 5) is 0. The molecule has 1 aliphatic heterocycles. The highest BCUT2D eigenvalue weighted by Crippen LogP contribution is 2.54. The van der Waals surface area contributed by atoms with Crippen molar-refractivity contribution in [3.63, 3.8) is 0 Å². The van der Waals surface area contributed by atoms with Crippen LogP contribution in [0.15, 0.2) is 42.5 Å². The van der Waals surface area contributed by atoms with Gasteiger partial charge in [-0.3, -0.25) is 0 Å². The van der Waals surface area contributed by atoms with Gasteiger partial charge in [0.15, 0.2) is 0 Å². The molecule has 0 aromatic heterocycles. The lowest BCUT2D eigenvalue weighted by Gasteiger charge is -2.44. The van der Waals surface area contributed by atoms with E-state index in [9.17, 15) is 10.2 Å². The van der Waals surface area contributed by atoms with Crippen LogP contribution < -0.4 is 4.74 Å². The molecule has 1 aliphatic rings. The number of nitrogens with zero attached hydrogens (tertiary/aromatic N) is 1. The summed E-state index contributed by atoms with van der Waals surface area (Å²) in [5, 5.41) is 28.4. The van der Waals surface area contributed by atoms with Crippen molar-refractivity contribution in [2.75, 3.05) is 24.4 Å².